The van der Waals surface area contributed by atoms with E-state index < -0.39 is 11.6 Å². The predicted molar refractivity (Wildman–Crippen MR) is 64.8 cm³/mol. The van der Waals surface area contributed by atoms with Crippen LogP contribution in [0, 0.1) is 24.4 Å². The first-order chi connectivity index (χ1) is 8.56. The lowest BCUT2D eigenvalue weighted by Gasteiger charge is -2.08. The fourth-order valence-electron chi connectivity index (χ4n) is 1.58. The largest absolute Gasteiger partial charge is 0.379 e. The summed E-state index contributed by atoms with van der Waals surface area (Å²) in [4.78, 5) is 0. The Morgan fingerprint density at radius 1 is 0.944 bits per heavy atom. The number of anilines is 1. The molecule has 0 bridgehead atoms. The third kappa shape index (κ3) is 2.83. The minimum atomic E-state index is -0.664. The van der Waals surface area contributed by atoms with Crippen molar-refractivity contribution >= 4 is 5.69 Å². The first-order valence-corrected chi connectivity index (χ1v) is 5.50. The summed E-state index contributed by atoms with van der Waals surface area (Å²) in [5.41, 5.74) is 1.45. The van der Waals surface area contributed by atoms with Crippen LogP contribution in [-0.4, -0.2) is 0 Å². The molecule has 0 unspecified atom stereocenters. The Balaban J connectivity index is 2.09. The Morgan fingerprint density at radius 3 is 2.39 bits per heavy atom. The molecule has 0 atom stereocenters. The maximum atomic E-state index is 13.3. The van der Waals surface area contributed by atoms with Gasteiger partial charge in [0.1, 0.15) is 17.5 Å². The van der Waals surface area contributed by atoms with Crippen molar-refractivity contribution in [3.63, 3.8) is 0 Å². The number of aryl methyl sites for hydroxylation is 1. The molecule has 0 aromatic heterocycles. The first kappa shape index (κ1) is 12.5. The molecule has 0 spiro atoms. The Hall–Kier alpha value is -1.97. The van der Waals surface area contributed by atoms with Gasteiger partial charge in [-0.25, -0.2) is 13.2 Å². The third-order valence-electron chi connectivity index (χ3n) is 2.65. The second kappa shape index (κ2) is 5.12. The Kier molecular flexibility index (Phi) is 3.55. The van der Waals surface area contributed by atoms with E-state index in [0.717, 1.165) is 6.07 Å². The van der Waals surface area contributed by atoms with E-state index in [1.807, 2.05) is 0 Å². The normalized spacial score (nSPS) is 10.4. The lowest BCUT2D eigenvalue weighted by atomic mass is 10.1. The summed E-state index contributed by atoms with van der Waals surface area (Å²) in [6.45, 7) is 1.95. The Bertz CT molecular complexity index is 567. The van der Waals surface area contributed by atoms with Crippen LogP contribution in [-0.2, 0) is 6.54 Å². The van der Waals surface area contributed by atoms with E-state index in [9.17, 15) is 13.2 Å². The zero-order valence-corrected chi connectivity index (χ0v) is 9.81. The van der Waals surface area contributed by atoms with Crippen LogP contribution < -0.4 is 5.32 Å². The van der Waals surface area contributed by atoms with Crippen LogP contribution >= 0.6 is 0 Å². The SMILES string of the molecule is Cc1ccc(CNc2ccc(F)cc2F)cc1F. The highest BCUT2D eigenvalue weighted by atomic mass is 19.1. The van der Waals surface area contributed by atoms with Crippen LogP contribution in [0.25, 0.3) is 0 Å². The molecule has 0 aliphatic carbocycles. The number of nitrogens with one attached hydrogen (secondary N) is 1. The molecule has 1 nitrogen and oxygen atoms in total. The van der Waals surface area contributed by atoms with Gasteiger partial charge < -0.3 is 5.32 Å². The van der Waals surface area contributed by atoms with E-state index in [0.29, 0.717) is 11.1 Å². The van der Waals surface area contributed by atoms with Gasteiger partial charge in [-0.05, 0) is 36.2 Å². The Labute approximate surface area is 103 Å². The zero-order valence-electron chi connectivity index (χ0n) is 9.81. The third-order valence-corrected chi connectivity index (χ3v) is 2.65. The first-order valence-electron chi connectivity index (χ1n) is 5.50. The topological polar surface area (TPSA) is 12.0 Å². The summed E-state index contributed by atoms with van der Waals surface area (Å²) in [5.74, 6) is -1.59. The lowest BCUT2D eigenvalue weighted by Crippen LogP contribution is -2.02. The van der Waals surface area contributed by atoms with Gasteiger partial charge in [0.2, 0.25) is 0 Å². The average Bonchev–Trinajstić information content (AvgIpc) is 2.32. The minimum Gasteiger partial charge on any atom is -0.379 e. The highest BCUT2D eigenvalue weighted by Crippen LogP contribution is 2.16. The van der Waals surface area contributed by atoms with Crippen molar-refractivity contribution in [1.82, 2.24) is 0 Å². The number of hydrogen-bond acceptors (Lipinski definition) is 1. The van der Waals surface area contributed by atoms with Crippen molar-refractivity contribution in [2.24, 2.45) is 0 Å². The fourth-order valence-corrected chi connectivity index (χ4v) is 1.58. The van der Waals surface area contributed by atoms with Crippen LogP contribution in [0.15, 0.2) is 36.4 Å². The van der Waals surface area contributed by atoms with Gasteiger partial charge in [-0.1, -0.05) is 12.1 Å². The summed E-state index contributed by atoms with van der Waals surface area (Å²) in [6, 6.07) is 8.10. The molecule has 4 heteroatoms. The van der Waals surface area contributed by atoms with Gasteiger partial charge in [0.25, 0.3) is 0 Å². The molecule has 0 saturated heterocycles. The van der Waals surface area contributed by atoms with Gasteiger partial charge in [0.15, 0.2) is 0 Å². The summed E-state index contributed by atoms with van der Waals surface area (Å²) >= 11 is 0. The highest BCUT2D eigenvalue weighted by Gasteiger charge is 2.04. The molecule has 0 radical (unpaired) electrons. The standard InChI is InChI=1S/C14H12F3N/c1-9-2-3-10(6-12(9)16)8-18-14-5-4-11(15)7-13(14)17/h2-7,18H,8H2,1H3. The van der Waals surface area contributed by atoms with Gasteiger partial charge in [0, 0.05) is 12.6 Å². The van der Waals surface area contributed by atoms with Crippen molar-refractivity contribution in [3.05, 3.63) is 65.0 Å². The quantitative estimate of drug-likeness (QED) is 0.868. The van der Waals surface area contributed by atoms with Crippen LogP contribution in [0.5, 0.6) is 0 Å². The second-order valence-electron chi connectivity index (χ2n) is 4.06. The molecule has 0 fully saturated rings. The summed E-state index contributed by atoms with van der Waals surface area (Å²) in [5, 5.41) is 2.79. The maximum Gasteiger partial charge on any atom is 0.149 e. The van der Waals surface area contributed by atoms with Crippen molar-refractivity contribution in [2.75, 3.05) is 5.32 Å². The molecule has 0 aliphatic heterocycles. The van der Waals surface area contributed by atoms with Crippen molar-refractivity contribution in [2.45, 2.75) is 13.5 Å². The molecule has 0 saturated carbocycles. The summed E-state index contributed by atoms with van der Waals surface area (Å²) in [6.07, 6.45) is 0. The molecular formula is C14H12F3N. The van der Waals surface area contributed by atoms with Gasteiger partial charge in [0.05, 0.1) is 5.69 Å². The molecule has 2 rings (SSSR count). The van der Waals surface area contributed by atoms with E-state index in [-0.39, 0.29) is 18.0 Å². The number of benzene rings is 2. The van der Waals surface area contributed by atoms with Crippen molar-refractivity contribution < 1.29 is 13.2 Å². The zero-order chi connectivity index (χ0) is 13.1. The van der Waals surface area contributed by atoms with Crippen LogP contribution in [0.3, 0.4) is 0 Å². The predicted octanol–water partition coefficient (Wildman–Crippen LogP) is 4.02. The fraction of sp³-hybridized carbons (Fsp3) is 0.143. The molecule has 1 N–H and O–H groups in total. The summed E-state index contributed by atoms with van der Waals surface area (Å²) in [7, 11) is 0. The van der Waals surface area contributed by atoms with Gasteiger partial charge >= 0.3 is 0 Å². The molecule has 2 aromatic rings. The lowest BCUT2D eigenvalue weighted by molar-refractivity contribution is 0.585. The molecule has 18 heavy (non-hydrogen) atoms. The van der Waals surface area contributed by atoms with E-state index in [1.54, 1.807) is 19.1 Å². The van der Waals surface area contributed by atoms with E-state index in [4.69, 9.17) is 0 Å². The molecular weight excluding hydrogens is 239 g/mol. The Morgan fingerprint density at radius 2 is 1.72 bits per heavy atom. The van der Waals surface area contributed by atoms with E-state index in [1.165, 1.54) is 18.2 Å². The average molecular weight is 251 g/mol. The molecule has 0 aliphatic rings. The number of rotatable bonds is 3. The maximum absolute atomic E-state index is 13.3. The van der Waals surface area contributed by atoms with Crippen molar-refractivity contribution in [1.29, 1.82) is 0 Å². The smallest absolute Gasteiger partial charge is 0.149 e. The summed E-state index contributed by atoms with van der Waals surface area (Å²) < 4.78 is 39.3. The number of halogens is 3. The minimum absolute atomic E-state index is 0.192. The van der Waals surface area contributed by atoms with Crippen LogP contribution in [0.4, 0.5) is 18.9 Å². The molecule has 0 heterocycles. The second-order valence-corrected chi connectivity index (χ2v) is 4.06. The van der Waals surface area contributed by atoms with Crippen molar-refractivity contribution in [3.8, 4) is 0 Å². The molecule has 2 aromatic carbocycles. The monoisotopic (exact) mass is 251 g/mol. The van der Waals surface area contributed by atoms with Crippen LogP contribution in [0.2, 0.25) is 0 Å². The van der Waals surface area contributed by atoms with Gasteiger partial charge in [-0.3, -0.25) is 0 Å². The highest BCUT2D eigenvalue weighted by molar-refractivity contribution is 5.45. The van der Waals surface area contributed by atoms with Gasteiger partial charge in [-0.15, -0.1) is 0 Å². The molecule has 0 amide bonds. The van der Waals surface area contributed by atoms with Gasteiger partial charge in [-0.2, -0.15) is 0 Å². The van der Waals surface area contributed by atoms with Crippen LogP contribution in [0.1, 0.15) is 11.1 Å². The van der Waals surface area contributed by atoms with E-state index >= 15 is 0 Å². The van der Waals surface area contributed by atoms with E-state index in [2.05, 4.69) is 5.32 Å². The number of hydrogen-bond donors (Lipinski definition) is 1. The molecule has 94 valence electrons.